The van der Waals surface area contributed by atoms with Crippen LogP contribution in [0, 0.1) is 16.0 Å². The molecule has 1 unspecified atom stereocenters. The minimum absolute atomic E-state index is 0.0324. The van der Waals surface area contributed by atoms with Gasteiger partial charge >= 0.3 is 0 Å². The number of amides is 1. The third kappa shape index (κ3) is 3.49. The molecule has 5 atom stereocenters. The van der Waals surface area contributed by atoms with E-state index in [4.69, 9.17) is 4.74 Å². The quantitative estimate of drug-likeness (QED) is 0.296. The van der Waals surface area contributed by atoms with E-state index in [2.05, 4.69) is 10.2 Å². The van der Waals surface area contributed by atoms with Gasteiger partial charge in [-0.05, 0) is 81.2 Å². The highest BCUT2D eigenvalue weighted by Crippen LogP contribution is 2.67. The van der Waals surface area contributed by atoms with Gasteiger partial charge in [0, 0.05) is 36.4 Å². The van der Waals surface area contributed by atoms with Crippen molar-refractivity contribution in [3.8, 4) is 11.5 Å². The number of nitrogens with zero attached hydrogens (tertiary/aromatic N) is 2. The molecule has 2 aromatic carbocycles. The van der Waals surface area contributed by atoms with E-state index in [-0.39, 0.29) is 23.4 Å². The number of nitrogens with one attached hydrogen (secondary N) is 1. The van der Waals surface area contributed by atoms with E-state index in [0.717, 1.165) is 30.6 Å². The van der Waals surface area contributed by atoms with E-state index in [1.54, 1.807) is 24.3 Å². The first-order valence-corrected chi connectivity index (χ1v) is 13.9. The lowest BCUT2D eigenvalue weighted by atomic mass is 9.46. The number of likely N-dealkylation sites (tertiary alicyclic amines) is 1. The number of phenols is 1. The van der Waals surface area contributed by atoms with E-state index in [0.29, 0.717) is 36.5 Å². The van der Waals surface area contributed by atoms with Crippen LogP contribution in [0.1, 0.15) is 55.7 Å². The number of aromatic hydroxyl groups is 1. The Hall–Kier alpha value is -3.43. The fourth-order valence-electron chi connectivity index (χ4n) is 8.10. The second-order valence-corrected chi connectivity index (χ2v) is 12.3. The average Bonchev–Trinajstić information content (AvgIpc) is 3.65. The molecule has 3 N–H and O–H groups in total. The molecule has 1 saturated heterocycles. The number of non-ortho nitro benzene ring substituents is 1. The zero-order valence-electron chi connectivity index (χ0n) is 21.9. The Labute approximate surface area is 226 Å². The number of carbonyl (C=O) groups excluding carboxylic acids is 1. The molecule has 2 saturated carbocycles. The molecule has 1 amide bonds. The van der Waals surface area contributed by atoms with Crippen LogP contribution in [0.25, 0.3) is 6.08 Å². The van der Waals surface area contributed by atoms with Gasteiger partial charge in [-0.15, -0.1) is 0 Å². The van der Waals surface area contributed by atoms with Gasteiger partial charge in [0.25, 0.3) is 5.69 Å². The van der Waals surface area contributed by atoms with Gasteiger partial charge in [-0.25, -0.2) is 0 Å². The molecule has 3 aliphatic carbocycles. The summed E-state index contributed by atoms with van der Waals surface area (Å²) < 4.78 is 6.58. The summed E-state index contributed by atoms with van der Waals surface area (Å²) in [6, 6.07) is 9.75. The molecule has 0 radical (unpaired) electrons. The fraction of sp³-hybridized carbons (Fsp3) is 0.500. The van der Waals surface area contributed by atoms with Gasteiger partial charge < -0.3 is 20.3 Å². The third-order valence-corrected chi connectivity index (χ3v) is 10.0. The summed E-state index contributed by atoms with van der Waals surface area (Å²) in [7, 11) is 0. The molecule has 2 aromatic rings. The Balaban J connectivity index is 1.23. The van der Waals surface area contributed by atoms with Gasteiger partial charge in [0.1, 0.15) is 6.10 Å². The number of hydrogen-bond acceptors (Lipinski definition) is 7. The number of nitro groups is 1. The molecular formula is C30H33N3O6. The van der Waals surface area contributed by atoms with E-state index < -0.39 is 27.6 Å². The molecule has 39 heavy (non-hydrogen) atoms. The molecule has 2 aliphatic heterocycles. The predicted octanol–water partition coefficient (Wildman–Crippen LogP) is 3.45. The summed E-state index contributed by atoms with van der Waals surface area (Å²) in [5.74, 6) is 0.881. The maximum Gasteiger partial charge on any atom is 0.270 e. The minimum atomic E-state index is -1.03. The van der Waals surface area contributed by atoms with Crippen molar-refractivity contribution in [2.24, 2.45) is 5.92 Å². The van der Waals surface area contributed by atoms with Crippen LogP contribution < -0.4 is 10.1 Å². The second kappa shape index (κ2) is 8.29. The molecule has 2 bridgehead atoms. The lowest BCUT2D eigenvalue weighted by molar-refractivity contribution is -0.384. The van der Waals surface area contributed by atoms with Crippen molar-refractivity contribution in [1.82, 2.24) is 10.2 Å². The third-order valence-electron chi connectivity index (χ3n) is 10.0. The highest BCUT2D eigenvalue weighted by Gasteiger charge is 2.75. The zero-order valence-corrected chi connectivity index (χ0v) is 21.9. The summed E-state index contributed by atoms with van der Waals surface area (Å²) in [4.78, 5) is 26.4. The highest BCUT2D eigenvalue weighted by molar-refractivity contribution is 5.92. The Morgan fingerprint density at radius 3 is 2.85 bits per heavy atom. The summed E-state index contributed by atoms with van der Waals surface area (Å²) in [5.41, 5.74) is -0.0180. The van der Waals surface area contributed by atoms with Gasteiger partial charge in [-0.1, -0.05) is 18.2 Å². The van der Waals surface area contributed by atoms with Gasteiger partial charge in [0.2, 0.25) is 5.91 Å². The molecule has 9 nitrogen and oxygen atoms in total. The van der Waals surface area contributed by atoms with Crippen LogP contribution in [-0.4, -0.2) is 62.3 Å². The van der Waals surface area contributed by atoms with Crippen LogP contribution >= 0.6 is 0 Å². The van der Waals surface area contributed by atoms with Crippen LogP contribution in [0.5, 0.6) is 11.5 Å². The second-order valence-electron chi connectivity index (χ2n) is 12.3. The number of ether oxygens (including phenoxy) is 1. The van der Waals surface area contributed by atoms with Crippen LogP contribution in [0.15, 0.2) is 42.5 Å². The largest absolute Gasteiger partial charge is 0.504 e. The van der Waals surface area contributed by atoms with Crippen molar-refractivity contribution >= 4 is 17.7 Å². The van der Waals surface area contributed by atoms with Crippen molar-refractivity contribution in [2.45, 2.75) is 74.1 Å². The molecule has 204 valence electrons. The Bertz CT molecular complexity index is 1420. The minimum Gasteiger partial charge on any atom is -0.504 e. The van der Waals surface area contributed by atoms with Gasteiger partial charge in [0.05, 0.1) is 21.5 Å². The van der Waals surface area contributed by atoms with Crippen LogP contribution in [0.4, 0.5) is 5.69 Å². The fourth-order valence-corrected chi connectivity index (χ4v) is 8.10. The van der Waals surface area contributed by atoms with Crippen molar-refractivity contribution in [1.29, 1.82) is 0 Å². The molecule has 1 spiro atoms. The van der Waals surface area contributed by atoms with E-state index in [9.17, 15) is 25.1 Å². The normalized spacial score (nSPS) is 34.4. The van der Waals surface area contributed by atoms with Crippen molar-refractivity contribution in [2.75, 3.05) is 13.1 Å². The monoisotopic (exact) mass is 531 g/mol. The molecule has 7 rings (SSSR count). The number of nitro benzene ring substituents is 1. The van der Waals surface area contributed by atoms with Crippen molar-refractivity contribution < 1.29 is 24.7 Å². The van der Waals surface area contributed by atoms with Crippen LogP contribution in [0.3, 0.4) is 0 Å². The molecule has 3 fully saturated rings. The molecular weight excluding hydrogens is 498 g/mol. The van der Waals surface area contributed by atoms with E-state index in [1.807, 2.05) is 13.0 Å². The van der Waals surface area contributed by atoms with Crippen molar-refractivity contribution in [3.05, 3.63) is 69.3 Å². The highest BCUT2D eigenvalue weighted by atomic mass is 16.6. The maximum absolute atomic E-state index is 13.2. The first-order valence-electron chi connectivity index (χ1n) is 13.9. The average molecular weight is 532 g/mol. The Morgan fingerprint density at radius 2 is 2.08 bits per heavy atom. The summed E-state index contributed by atoms with van der Waals surface area (Å²) in [6.07, 6.45) is 7.34. The first kappa shape index (κ1) is 24.6. The van der Waals surface area contributed by atoms with Gasteiger partial charge in [0.15, 0.2) is 11.5 Å². The Kier molecular flexibility index (Phi) is 5.23. The summed E-state index contributed by atoms with van der Waals surface area (Å²) in [6.45, 7) is 3.81. The summed E-state index contributed by atoms with van der Waals surface area (Å²) >= 11 is 0. The SMILES string of the molecule is C[C@@]1(NC(=O)/C=C/c2cccc([N+](=O)[O-])c2)CCC2(O)[C@H]3Cc4ccc(O)c5c4[C@@]2(CCN3CC2CC2)[C@H]1O5. The number of aliphatic hydroxyl groups is 1. The number of benzene rings is 2. The molecule has 9 heteroatoms. The zero-order chi connectivity index (χ0) is 27.2. The molecule has 2 heterocycles. The predicted molar refractivity (Wildman–Crippen MR) is 143 cm³/mol. The van der Waals surface area contributed by atoms with Gasteiger partial charge in [-0.2, -0.15) is 0 Å². The number of rotatable bonds is 6. The Morgan fingerprint density at radius 1 is 1.26 bits per heavy atom. The standard InChI is InChI=1S/C30H33N3O6/c1-28(31-24(35)10-7-18-3-2-4-21(15-18)33(37)38)11-12-30(36)23-16-20-8-9-22(34)26-25(20)29(30,27(28)39-26)13-14-32(23)17-19-5-6-19/h2-4,7-10,15,19,23,27,34,36H,5-6,11-14,16-17H2,1H3,(H,31,35)/b10-7+/t23-,27+,28-,29+,30?/m1/s1. The number of phenolic OH excluding ortho intramolecular Hbond substituents is 1. The number of carbonyl (C=O) groups is 1. The van der Waals surface area contributed by atoms with E-state index >= 15 is 0 Å². The van der Waals surface area contributed by atoms with Gasteiger partial charge in [-0.3, -0.25) is 19.8 Å². The smallest absolute Gasteiger partial charge is 0.270 e. The lowest BCUT2D eigenvalue weighted by Crippen LogP contribution is -2.80. The van der Waals surface area contributed by atoms with E-state index in [1.165, 1.54) is 31.1 Å². The molecule has 0 aromatic heterocycles. The first-order chi connectivity index (χ1) is 18.6. The summed E-state index contributed by atoms with van der Waals surface area (Å²) in [5, 5.41) is 37.7. The topological polar surface area (TPSA) is 125 Å². The van der Waals surface area contributed by atoms with Crippen LogP contribution in [-0.2, 0) is 16.6 Å². The number of piperidine rings is 1. The van der Waals surface area contributed by atoms with Crippen molar-refractivity contribution in [3.63, 3.8) is 0 Å². The lowest BCUT2D eigenvalue weighted by Gasteiger charge is -2.66. The maximum atomic E-state index is 13.2. The van der Waals surface area contributed by atoms with Crippen LogP contribution in [0.2, 0.25) is 0 Å². The number of hydrogen-bond donors (Lipinski definition) is 3. The molecule has 5 aliphatic rings.